The van der Waals surface area contributed by atoms with Crippen LogP contribution in [0.4, 0.5) is 5.82 Å². The SMILES string of the molecule is CCNc1cc(-c2ccccc2Cl)nc(C2CC2)n1. The van der Waals surface area contributed by atoms with E-state index in [1.54, 1.807) is 0 Å². The summed E-state index contributed by atoms with van der Waals surface area (Å²) < 4.78 is 0. The molecule has 19 heavy (non-hydrogen) atoms. The van der Waals surface area contributed by atoms with Gasteiger partial charge in [-0.15, -0.1) is 0 Å². The molecule has 1 aromatic heterocycles. The number of rotatable bonds is 4. The summed E-state index contributed by atoms with van der Waals surface area (Å²) in [5, 5.41) is 3.99. The lowest BCUT2D eigenvalue weighted by Crippen LogP contribution is -2.04. The molecule has 1 N–H and O–H groups in total. The second-order valence-corrected chi connectivity index (χ2v) is 5.19. The van der Waals surface area contributed by atoms with Gasteiger partial charge in [-0.1, -0.05) is 29.8 Å². The summed E-state index contributed by atoms with van der Waals surface area (Å²) in [6, 6.07) is 9.77. The van der Waals surface area contributed by atoms with E-state index in [-0.39, 0.29) is 0 Å². The highest BCUT2D eigenvalue weighted by Crippen LogP contribution is 2.39. The first-order valence-electron chi connectivity index (χ1n) is 6.65. The summed E-state index contributed by atoms with van der Waals surface area (Å²) in [4.78, 5) is 9.25. The van der Waals surface area contributed by atoms with Gasteiger partial charge in [0.15, 0.2) is 0 Å². The summed E-state index contributed by atoms with van der Waals surface area (Å²) in [7, 11) is 0. The topological polar surface area (TPSA) is 37.8 Å². The van der Waals surface area contributed by atoms with E-state index in [0.29, 0.717) is 5.92 Å². The van der Waals surface area contributed by atoms with E-state index in [9.17, 15) is 0 Å². The molecule has 0 radical (unpaired) electrons. The number of hydrogen-bond donors (Lipinski definition) is 1. The molecule has 0 aliphatic heterocycles. The number of halogens is 1. The smallest absolute Gasteiger partial charge is 0.134 e. The zero-order valence-electron chi connectivity index (χ0n) is 10.9. The van der Waals surface area contributed by atoms with Gasteiger partial charge in [0.1, 0.15) is 11.6 Å². The molecule has 1 aliphatic carbocycles. The summed E-state index contributed by atoms with van der Waals surface area (Å²) in [5.41, 5.74) is 1.87. The Morgan fingerprint density at radius 2 is 2.05 bits per heavy atom. The van der Waals surface area contributed by atoms with Crippen LogP contribution in [0, 0.1) is 0 Å². The largest absolute Gasteiger partial charge is 0.370 e. The minimum absolute atomic E-state index is 0.528. The molecule has 1 heterocycles. The van der Waals surface area contributed by atoms with Gasteiger partial charge in [0.2, 0.25) is 0 Å². The first-order valence-corrected chi connectivity index (χ1v) is 7.03. The van der Waals surface area contributed by atoms with Crippen LogP contribution >= 0.6 is 11.6 Å². The third kappa shape index (κ3) is 2.71. The lowest BCUT2D eigenvalue weighted by molar-refractivity contribution is 0.927. The maximum atomic E-state index is 6.25. The molecular weight excluding hydrogens is 258 g/mol. The van der Waals surface area contributed by atoms with Crippen molar-refractivity contribution >= 4 is 17.4 Å². The first-order chi connectivity index (χ1) is 9.28. The van der Waals surface area contributed by atoms with Crippen LogP contribution in [0.25, 0.3) is 11.3 Å². The Bertz CT molecular complexity index is 594. The van der Waals surface area contributed by atoms with Crippen LogP contribution in [0.5, 0.6) is 0 Å². The fourth-order valence-electron chi connectivity index (χ4n) is 2.07. The third-order valence-corrected chi connectivity index (χ3v) is 3.52. The van der Waals surface area contributed by atoms with Gasteiger partial charge < -0.3 is 5.32 Å². The average molecular weight is 274 g/mol. The standard InChI is InChI=1S/C15H16ClN3/c1-2-17-14-9-13(11-5-3-4-6-12(11)16)18-15(19-14)10-7-8-10/h3-6,9-10H,2,7-8H2,1H3,(H,17,18,19). The second kappa shape index (κ2) is 5.17. The summed E-state index contributed by atoms with van der Waals surface area (Å²) in [6.07, 6.45) is 2.38. The van der Waals surface area contributed by atoms with E-state index in [2.05, 4.69) is 22.2 Å². The molecule has 2 aromatic rings. The quantitative estimate of drug-likeness (QED) is 0.911. The molecule has 3 rings (SSSR count). The van der Waals surface area contributed by atoms with Crippen molar-refractivity contribution in [3.8, 4) is 11.3 Å². The third-order valence-electron chi connectivity index (χ3n) is 3.19. The predicted octanol–water partition coefficient (Wildman–Crippen LogP) is 4.11. The Hall–Kier alpha value is -1.61. The Balaban J connectivity index is 2.06. The molecule has 4 heteroatoms. The van der Waals surface area contributed by atoms with E-state index in [0.717, 1.165) is 34.5 Å². The minimum atomic E-state index is 0.528. The van der Waals surface area contributed by atoms with Gasteiger partial charge in [0, 0.05) is 29.1 Å². The number of nitrogens with zero attached hydrogens (tertiary/aromatic N) is 2. The number of aromatic nitrogens is 2. The molecule has 0 amide bonds. The van der Waals surface area contributed by atoms with Crippen LogP contribution in [0.3, 0.4) is 0 Å². The van der Waals surface area contributed by atoms with Gasteiger partial charge in [-0.3, -0.25) is 0 Å². The molecular formula is C15H16ClN3. The maximum Gasteiger partial charge on any atom is 0.134 e. The molecule has 0 spiro atoms. The van der Waals surface area contributed by atoms with Crippen molar-refractivity contribution < 1.29 is 0 Å². The molecule has 0 saturated heterocycles. The van der Waals surface area contributed by atoms with E-state index in [4.69, 9.17) is 11.6 Å². The monoisotopic (exact) mass is 273 g/mol. The van der Waals surface area contributed by atoms with Gasteiger partial charge in [0.05, 0.1) is 5.69 Å². The Kier molecular flexibility index (Phi) is 3.38. The van der Waals surface area contributed by atoms with Gasteiger partial charge in [0.25, 0.3) is 0 Å². The molecule has 0 atom stereocenters. The van der Waals surface area contributed by atoms with Crippen LogP contribution in [0.2, 0.25) is 5.02 Å². The van der Waals surface area contributed by atoms with E-state index in [1.165, 1.54) is 12.8 Å². The fourth-order valence-corrected chi connectivity index (χ4v) is 2.30. The number of benzene rings is 1. The highest BCUT2D eigenvalue weighted by molar-refractivity contribution is 6.33. The number of nitrogens with one attached hydrogen (secondary N) is 1. The molecule has 1 aromatic carbocycles. The molecule has 1 aliphatic rings. The first kappa shape index (κ1) is 12.4. The zero-order chi connectivity index (χ0) is 13.2. The predicted molar refractivity (Wildman–Crippen MR) is 78.6 cm³/mol. The lowest BCUT2D eigenvalue weighted by atomic mass is 10.1. The Morgan fingerprint density at radius 3 is 2.74 bits per heavy atom. The van der Waals surface area contributed by atoms with Crippen LogP contribution in [-0.2, 0) is 0 Å². The van der Waals surface area contributed by atoms with Gasteiger partial charge in [-0.05, 0) is 25.8 Å². The molecule has 1 fully saturated rings. The normalized spacial score (nSPS) is 14.4. The van der Waals surface area contributed by atoms with Crippen LogP contribution in [-0.4, -0.2) is 16.5 Å². The Labute approximate surface area is 118 Å². The van der Waals surface area contributed by atoms with Crippen LogP contribution in [0.1, 0.15) is 31.5 Å². The van der Waals surface area contributed by atoms with Crippen LogP contribution in [0.15, 0.2) is 30.3 Å². The maximum absolute atomic E-state index is 6.25. The molecule has 0 unspecified atom stereocenters. The van der Waals surface area contributed by atoms with Crippen molar-refractivity contribution in [2.75, 3.05) is 11.9 Å². The number of anilines is 1. The van der Waals surface area contributed by atoms with Crippen molar-refractivity contribution in [3.05, 3.63) is 41.2 Å². The summed E-state index contributed by atoms with van der Waals surface area (Å²) in [5.74, 6) is 2.35. The van der Waals surface area contributed by atoms with Gasteiger partial charge >= 0.3 is 0 Å². The van der Waals surface area contributed by atoms with Gasteiger partial charge in [-0.25, -0.2) is 9.97 Å². The molecule has 0 bridgehead atoms. The van der Waals surface area contributed by atoms with Crippen molar-refractivity contribution in [2.45, 2.75) is 25.7 Å². The van der Waals surface area contributed by atoms with Crippen molar-refractivity contribution in [2.24, 2.45) is 0 Å². The second-order valence-electron chi connectivity index (χ2n) is 4.78. The highest BCUT2D eigenvalue weighted by Gasteiger charge is 2.27. The highest BCUT2D eigenvalue weighted by atomic mass is 35.5. The van der Waals surface area contributed by atoms with Gasteiger partial charge in [-0.2, -0.15) is 0 Å². The van der Waals surface area contributed by atoms with Crippen molar-refractivity contribution in [3.63, 3.8) is 0 Å². The average Bonchev–Trinajstić information content (AvgIpc) is 3.23. The lowest BCUT2D eigenvalue weighted by Gasteiger charge is -2.09. The Morgan fingerprint density at radius 1 is 1.26 bits per heavy atom. The zero-order valence-corrected chi connectivity index (χ0v) is 11.6. The molecule has 3 nitrogen and oxygen atoms in total. The van der Waals surface area contributed by atoms with E-state index < -0.39 is 0 Å². The van der Waals surface area contributed by atoms with Crippen LogP contribution < -0.4 is 5.32 Å². The summed E-state index contributed by atoms with van der Waals surface area (Å²) >= 11 is 6.25. The molecule has 98 valence electrons. The summed E-state index contributed by atoms with van der Waals surface area (Å²) in [6.45, 7) is 2.91. The number of hydrogen-bond acceptors (Lipinski definition) is 3. The van der Waals surface area contributed by atoms with E-state index in [1.807, 2.05) is 30.3 Å². The van der Waals surface area contributed by atoms with Crippen molar-refractivity contribution in [1.82, 2.24) is 9.97 Å². The fraction of sp³-hybridized carbons (Fsp3) is 0.333. The molecule has 1 saturated carbocycles. The minimum Gasteiger partial charge on any atom is -0.370 e. The van der Waals surface area contributed by atoms with Crippen molar-refractivity contribution in [1.29, 1.82) is 0 Å². The van der Waals surface area contributed by atoms with E-state index >= 15 is 0 Å².